The molecule has 3 rings (SSSR count). The van der Waals surface area contributed by atoms with Crippen LogP contribution in [0.25, 0.3) is 0 Å². The number of sulfonamides is 1. The third kappa shape index (κ3) is 2.07. The van der Waals surface area contributed by atoms with Gasteiger partial charge in [-0.1, -0.05) is 52.3 Å². The second kappa shape index (κ2) is 4.65. The fraction of sp³-hybridized carbons (Fsp3) is 0.143. The molecule has 0 aromatic heterocycles. The number of hydrogen-bond acceptors (Lipinski definition) is 2. The summed E-state index contributed by atoms with van der Waals surface area (Å²) in [7, 11) is -3.48. The summed E-state index contributed by atoms with van der Waals surface area (Å²) in [6.45, 7) is 0.427. The van der Waals surface area contributed by atoms with Gasteiger partial charge < -0.3 is 0 Å². The topological polar surface area (TPSA) is 37.4 Å². The molecule has 2 aromatic carbocycles. The van der Waals surface area contributed by atoms with Gasteiger partial charge in [0.25, 0.3) is 10.0 Å². The highest BCUT2D eigenvalue weighted by molar-refractivity contribution is 9.09. The molecule has 0 bridgehead atoms. The zero-order valence-electron chi connectivity index (χ0n) is 10.0. The average Bonchev–Trinajstić information content (AvgIpc) is 2.79. The first-order chi connectivity index (χ1) is 9.10. The van der Waals surface area contributed by atoms with E-state index in [4.69, 9.17) is 0 Å². The van der Waals surface area contributed by atoms with Gasteiger partial charge >= 0.3 is 0 Å². The minimum absolute atomic E-state index is 0.0437. The first kappa shape index (κ1) is 12.7. The van der Waals surface area contributed by atoms with E-state index in [9.17, 15) is 8.42 Å². The highest BCUT2D eigenvalue weighted by Gasteiger charge is 2.34. The minimum atomic E-state index is -3.48. The normalized spacial score (nSPS) is 18.4. The molecule has 0 amide bonds. The predicted molar refractivity (Wildman–Crippen MR) is 79.1 cm³/mol. The zero-order chi connectivity index (χ0) is 13.5. The van der Waals surface area contributed by atoms with E-state index in [0.29, 0.717) is 11.4 Å². The molecule has 0 saturated carbocycles. The molecule has 98 valence electrons. The third-order valence-electron chi connectivity index (χ3n) is 3.20. The van der Waals surface area contributed by atoms with E-state index in [1.807, 2.05) is 30.3 Å². The Balaban J connectivity index is 2.10. The first-order valence-electron chi connectivity index (χ1n) is 5.91. The lowest BCUT2D eigenvalue weighted by Crippen LogP contribution is -2.29. The van der Waals surface area contributed by atoms with E-state index in [2.05, 4.69) is 15.9 Å². The maximum absolute atomic E-state index is 12.6. The fourth-order valence-electron chi connectivity index (χ4n) is 2.27. The Bertz CT molecular complexity index is 700. The van der Waals surface area contributed by atoms with E-state index in [0.717, 1.165) is 11.3 Å². The molecular weight excluding hydrogens is 326 g/mol. The van der Waals surface area contributed by atoms with Gasteiger partial charge in [-0.15, -0.1) is 0 Å². The number of para-hydroxylation sites is 1. The van der Waals surface area contributed by atoms with Crippen LogP contribution in [0, 0.1) is 0 Å². The lowest BCUT2D eigenvalue weighted by molar-refractivity contribution is 0.592. The standard InChI is InChI=1S/C14H12BrNO2S/c15-13-10-16(14-9-5-4-8-12(13)14)19(17,18)11-6-2-1-3-7-11/h1-9,13H,10H2. The van der Waals surface area contributed by atoms with E-state index in [1.54, 1.807) is 24.3 Å². The van der Waals surface area contributed by atoms with Crippen LogP contribution >= 0.6 is 15.9 Å². The van der Waals surface area contributed by atoms with Crippen molar-refractivity contribution in [2.24, 2.45) is 0 Å². The summed E-state index contributed by atoms with van der Waals surface area (Å²) in [5.74, 6) is 0. The molecule has 0 radical (unpaired) electrons. The number of nitrogens with zero attached hydrogens (tertiary/aromatic N) is 1. The van der Waals surface area contributed by atoms with E-state index >= 15 is 0 Å². The lowest BCUT2D eigenvalue weighted by Gasteiger charge is -2.19. The monoisotopic (exact) mass is 337 g/mol. The minimum Gasteiger partial charge on any atom is -0.265 e. The molecule has 0 spiro atoms. The van der Waals surface area contributed by atoms with Gasteiger partial charge in [0.05, 0.1) is 22.0 Å². The number of benzene rings is 2. The van der Waals surface area contributed by atoms with Crippen LogP contribution in [-0.2, 0) is 10.0 Å². The summed E-state index contributed by atoms with van der Waals surface area (Å²) in [5, 5.41) is 0. The van der Waals surface area contributed by atoms with Crippen molar-refractivity contribution in [2.75, 3.05) is 10.8 Å². The van der Waals surface area contributed by atoms with E-state index < -0.39 is 10.0 Å². The Morgan fingerprint density at radius 2 is 1.63 bits per heavy atom. The number of halogens is 1. The second-order valence-electron chi connectivity index (χ2n) is 4.38. The number of rotatable bonds is 2. The fourth-order valence-corrected chi connectivity index (χ4v) is 4.66. The van der Waals surface area contributed by atoms with Gasteiger partial charge in [0.1, 0.15) is 0 Å². The van der Waals surface area contributed by atoms with Crippen molar-refractivity contribution < 1.29 is 8.42 Å². The SMILES string of the molecule is O=S(=O)(c1ccccc1)N1CC(Br)c2ccccc21. The molecule has 1 heterocycles. The van der Waals surface area contributed by atoms with Crippen LogP contribution in [-0.4, -0.2) is 15.0 Å². The molecule has 5 heteroatoms. The van der Waals surface area contributed by atoms with Crippen LogP contribution in [0.3, 0.4) is 0 Å². The summed E-state index contributed by atoms with van der Waals surface area (Å²) < 4.78 is 26.8. The molecule has 1 unspecified atom stereocenters. The van der Waals surface area contributed by atoms with Crippen LogP contribution < -0.4 is 4.31 Å². The lowest BCUT2D eigenvalue weighted by atomic mass is 10.2. The maximum atomic E-state index is 12.6. The van der Waals surface area contributed by atoms with Crippen LogP contribution in [0.2, 0.25) is 0 Å². The van der Waals surface area contributed by atoms with Gasteiger partial charge in [0.2, 0.25) is 0 Å². The molecule has 0 N–H and O–H groups in total. The quantitative estimate of drug-likeness (QED) is 0.788. The molecular formula is C14H12BrNO2S. The van der Waals surface area contributed by atoms with Crippen molar-refractivity contribution >= 4 is 31.6 Å². The van der Waals surface area contributed by atoms with Crippen LogP contribution in [0.4, 0.5) is 5.69 Å². The van der Waals surface area contributed by atoms with Crippen LogP contribution in [0.5, 0.6) is 0 Å². The summed E-state index contributed by atoms with van der Waals surface area (Å²) in [5.41, 5.74) is 1.77. The number of anilines is 1. The Morgan fingerprint density at radius 1 is 1.00 bits per heavy atom. The van der Waals surface area contributed by atoms with Crippen molar-refractivity contribution in [2.45, 2.75) is 9.72 Å². The van der Waals surface area contributed by atoms with Crippen molar-refractivity contribution in [1.82, 2.24) is 0 Å². The molecule has 0 aliphatic carbocycles. The number of fused-ring (bicyclic) bond motifs is 1. The maximum Gasteiger partial charge on any atom is 0.264 e. The highest BCUT2D eigenvalue weighted by Crippen LogP contribution is 2.42. The van der Waals surface area contributed by atoms with Gasteiger partial charge in [-0.05, 0) is 23.8 Å². The van der Waals surface area contributed by atoms with Crippen molar-refractivity contribution in [3.8, 4) is 0 Å². The molecule has 0 fully saturated rings. The van der Waals surface area contributed by atoms with Gasteiger partial charge in [0.15, 0.2) is 0 Å². The Morgan fingerprint density at radius 3 is 2.37 bits per heavy atom. The third-order valence-corrected chi connectivity index (χ3v) is 5.78. The number of alkyl halides is 1. The van der Waals surface area contributed by atoms with Crippen molar-refractivity contribution in [3.63, 3.8) is 0 Å². The summed E-state index contributed by atoms with van der Waals surface area (Å²) in [4.78, 5) is 0.369. The number of hydrogen-bond donors (Lipinski definition) is 0. The van der Waals surface area contributed by atoms with Crippen LogP contribution in [0.1, 0.15) is 10.4 Å². The average molecular weight is 338 g/mol. The Kier molecular flexibility index (Phi) is 3.11. The smallest absolute Gasteiger partial charge is 0.264 e. The largest absolute Gasteiger partial charge is 0.265 e. The second-order valence-corrected chi connectivity index (χ2v) is 7.34. The van der Waals surface area contributed by atoms with Crippen molar-refractivity contribution in [3.05, 3.63) is 60.2 Å². The van der Waals surface area contributed by atoms with Crippen LogP contribution in [0.15, 0.2) is 59.5 Å². The summed E-state index contributed by atoms with van der Waals surface area (Å²) in [6, 6.07) is 16.1. The Hall–Kier alpha value is -1.33. The first-order valence-corrected chi connectivity index (χ1v) is 8.27. The zero-order valence-corrected chi connectivity index (χ0v) is 12.4. The molecule has 1 aliphatic heterocycles. The molecule has 19 heavy (non-hydrogen) atoms. The predicted octanol–water partition coefficient (Wildman–Crippen LogP) is 3.33. The van der Waals surface area contributed by atoms with Gasteiger partial charge in [-0.2, -0.15) is 0 Å². The summed E-state index contributed by atoms with van der Waals surface area (Å²) in [6.07, 6.45) is 0. The van der Waals surface area contributed by atoms with Crippen molar-refractivity contribution in [1.29, 1.82) is 0 Å². The van der Waals surface area contributed by atoms with Gasteiger partial charge in [-0.25, -0.2) is 8.42 Å². The molecule has 2 aromatic rings. The summed E-state index contributed by atoms with van der Waals surface area (Å²) >= 11 is 3.54. The highest BCUT2D eigenvalue weighted by atomic mass is 79.9. The molecule has 3 nitrogen and oxygen atoms in total. The van der Waals surface area contributed by atoms with E-state index in [-0.39, 0.29) is 4.83 Å². The van der Waals surface area contributed by atoms with Gasteiger partial charge in [-0.3, -0.25) is 4.31 Å². The Labute approximate surface area is 121 Å². The molecule has 0 saturated heterocycles. The van der Waals surface area contributed by atoms with Gasteiger partial charge in [0, 0.05) is 0 Å². The molecule has 1 aliphatic rings. The van der Waals surface area contributed by atoms with E-state index in [1.165, 1.54) is 4.31 Å². The molecule has 1 atom stereocenters.